The van der Waals surface area contributed by atoms with Crippen molar-refractivity contribution in [3.63, 3.8) is 0 Å². The van der Waals surface area contributed by atoms with E-state index >= 15 is 0 Å². The Kier molecular flexibility index (Phi) is 5.33. The zero-order valence-corrected chi connectivity index (χ0v) is 12.2. The number of hydrogen-bond acceptors (Lipinski definition) is 2. The number of hydrogen-bond donors (Lipinski definition) is 2. The SMILES string of the molecule is CCNC(=S)N/N=C1/CCCC[C@H]1c1ccccc1. The monoisotopic (exact) mass is 275 g/mol. The third kappa shape index (κ3) is 4.03. The molecule has 0 saturated heterocycles. The van der Waals surface area contributed by atoms with Gasteiger partial charge in [0.1, 0.15) is 0 Å². The van der Waals surface area contributed by atoms with Gasteiger partial charge < -0.3 is 5.32 Å². The Bertz CT molecular complexity index is 442. The molecule has 0 aromatic heterocycles. The van der Waals surface area contributed by atoms with Crippen LogP contribution in [0, 0.1) is 0 Å². The minimum atomic E-state index is 0.437. The summed E-state index contributed by atoms with van der Waals surface area (Å²) in [6.07, 6.45) is 4.73. The molecule has 0 spiro atoms. The van der Waals surface area contributed by atoms with Crippen molar-refractivity contribution < 1.29 is 0 Å². The van der Waals surface area contributed by atoms with Gasteiger partial charge in [0.15, 0.2) is 5.11 Å². The quantitative estimate of drug-likeness (QED) is 0.657. The average Bonchev–Trinajstić information content (AvgIpc) is 2.47. The first-order valence-corrected chi connectivity index (χ1v) is 7.37. The van der Waals surface area contributed by atoms with Gasteiger partial charge in [-0.15, -0.1) is 0 Å². The Morgan fingerprint density at radius 3 is 2.84 bits per heavy atom. The second-order valence-corrected chi connectivity index (χ2v) is 5.19. The van der Waals surface area contributed by atoms with Crippen LogP contribution in [0.1, 0.15) is 44.1 Å². The molecule has 0 radical (unpaired) electrons. The van der Waals surface area contributed by atoms with E-state index in [-0.39, 0.29) is 0 Å². The summed E-state index contributed by atoms with van der Waals surface area (Å²) < 4.78 is 0. The zero-order chi connectivity index (χ0) is 13.5. The topological polar surface area (TPSA) is 36.4 Å². The summed E-state index contributed by atoms with van der Waals surface area (Å²) in [5.74, 6) is 0.437. The molecule has 1 aromatic carbocycles. The third-order valence-electron chi connectivity index (χ3n) is 3.42. The molecule has 0 bridgehead atoms. The highest BCUT2D eigenvalue weighted by Gasteiger charge is 2.22. The van der Waals surface area contributed by atoms with Crippen molar-refractivity contribution in [2.24, 2.45) is 5.10 Å². The molecule has 3 nitrogen and oxygen atoms in total. The van der Waals surface area contributed by atoms with Crippen LogP contribution in [0.25, 0.3) is 0 Å². The van der Waals surface area contributed by atoms with Gasteiger partial charge in [-0.05, 0) is 44.0 Å². The van der Waals surface area contributed by atoms with Gasteiger partial charge in [0.05, 0.1) is 0 Å². The second-order valence-electron chi connectivity index (χ2n) is 4.78. The predicted octanol–water partition coefficient (Wildman–Crippen LogP) is 3.18. The molecule has 1 aliphatic carbocycles. The fourth-order valence-corrected chi connectivity index (χ4v) is 2.69. The van der Waals surface area contributed by atoms with E-state index in [2.05, 4.69) is 46.2 Å². The van der Waals surface area contributed by atoms with E-state index in [1.165, 1.54) is 30.5 Å². The van der Waals surface area contributed by atoms with Crippen LogP contribution < -0.4 is 10.7 Å². The molecule has 19 heavy (non-hydrogen) atoms. The molecule has 102 valence electrons. The summed E-state index contributed by atoms with van der Waals surface area (Å²) >= 11 is 5.15. The van der Waals surface area contributed by atoms with Crippen molar-refractivity contribution in [2.75, 3.05) is 6.54 Å². The van der Waals surface area contributed by atoms with Crippen molar-refractivity contribution in [2.45, 2.75) is 38.5 Å². The standard InChI is InChI=1S/C15H21N3S/c1-2-16-15(19)18-17-14-11-7-6-10-13(14)12-8-4-3-5-9-12/h3-5,8-9,13H,2,6-7,10-11H2,1H3,(H2,16,18,19)/b17-14-/t13-/m0/s1. The van der Waals surface area contributed by atoms with Gasteiger partial charge in [-0.1, -0.05) is 36.8 Å². The molecule has 2 N–H and O–H groups in total. The maximum atomic E-state index is 5.15. The smallest absolute Gasteiger partial charge is 0.186 e. The molecule has 1 aliphatic rings. The van der Waals surface area contributed by atoms with Crippen molar-refractivity contribution in [3.8, 4) is 0 Å². The molecular formula is C15H21N3S. The minimum Gasteiger partial charge on any atom is -0.362 e. The highest BCUT2D eigenvalue weighted by Crippen LogP contribution is 2.30. The van der Waals surface area contributed by atoms with Crippen LogP contribution in [-0.4, -0.2) is 17.4 Å². The fraction of sp³-hybridized carbons (Fsp3) is 0.467. The molecule has 2 rings (SSSR count). The Labute approximate surface area is 120 Å². The first kappa shape index (κ1) is 14.0. The van der Waals surface area contributed by atoms with Gasteiger partial charge in [0, 0.05) is 18.2 Å². The van der Waals surface area contributed by atoms with E-state index in [0.29, 0.717) is 11.0 Å². The highest BCUT2D eigenvalue weighted by molar-refractivity contribution is 7.80. The molecule has 4 heteroatoms. The Balaban J connectivity index is 2.08. The lowest BCUT2D eigenvalue weighted by molar-refractivity contribution is 0.608. The molecule has 0 aliphatic heterocycles. The maximum absolute atomic E-state index is 5.15. The Morgan fingerprint density at radius 2 is 2.11 bits per heavy atom. The molecule has 1 aromatic rings. The van der Waals surface area contributed by atoms with Crippen LogP contribution in [0.5, 0.6) is 0 Å². The van der Waals surface area contributed by atoms with Crippen LogP contribution in [0.3, 0.4) is 0 Å². The van der Waals surface area contributed by atoms with Crippen molar-refractivity contribution in [1.82, 2.24) is 10.7 Å². The normalized spacial score (nSPS) is 21.1. The van der Waals surface area contributed by atoms with Gasteiger partial charge in [0.25, 0.3) is 0 Å². The van der Waals surface area contributed by atoms with Crippen molar-refractivity contribution in [1.29, 1.82) is 0 Å². The van der Waals surface area contributed by atoms with Gasteiger partial charge in [-0.2, -0.15) is 5.10 Å². The van der Waals surface area contributed by atoms with E-state index in [0.717, 1.165) is 13.0 Å². The average molecular weight is 275 g/mol. The summed E-state index contributed by atoms with van der Waals surface area (Å²) in [5.41, 5.74) is 5.54. The highest BCUT2D eigenvalue weighted by atomic mass is 32.1. The molecule has 1 atom stereocenters. The zero-order valence-electron chi connectivity index (χ0n) is 11.4. The maximum Gasteiger partial charge on any atom is 0.186 e. The van der Waals surface area contributed by atoms with E-state index in [9.17, 15) is 0 Å². The van der Waals surface area contributed by atoms with Crippen LogP contribution >= 0.6 is 12.2 Å². The number of thiocarbonyl (C=S) groups is 1. The van der Waals surface area contributed by atoms with Crippen LogP contribution in [0.15, 0.2) is 35.4 Å². The van der Waals surface area contributed by atoms with E-state index in [1.807, 2.05) is 6.92 Å². The lowest BCUT2D eigenvalue weighted by atomic mass is 9.82. The summed E-state index contributed by atoms with van der Waals surface area (Å²) in [5, 5.41) is 8.18. The second kappa shape index (κ2) is 7.24. The molecule has 0 amide bonds. The van der Waals surface area contributed by atoms with Crippen LogP contribution in [-0.2, 0) is 0 Å². The summed E-state index contributed by atoms with van der Waals surface area (Å²) in [6, 6.07) is 10.6. The Morgan fingerprint density at radius 1 is 1.32 bits per heavy atom. The Hall–Kier alpha value is -1.42. The van der Waals surface area contributed by atoms with Crippen LogP contribution in [0.4, 0.5) is 0 Å². The van der Waals surface area contributed by atoms with Crippen molar-refractivity contribution >= 4 is 23.0 Å². The summed E-state index contributed by atoms with van der Waals surface area (Å²) in [7, 11) is 0. The fourth-order valence-electron chi connectivity index (χ4n) is 2.50. The predicted molar refractivity (Wildman–Crippen MR) is 84.5 cm³/mol. The van der Waals surface area contributed by atoms with Crippen molar-refractivity contribution in [3.05, 3.63) is 35.9 Å². The van der Waals surface area contributed by atoms with Crippen LogP contribution in [0.2, 0.25) is 0 Å². The number of nitrogens with zero attached hydrogens (tertiary/aromatic N) is 1. The minimum absolute atomic E-state index is 0.437. The van der Waals surface area contributed by atoms with E-state index in [4.69, 9.17) is 12.2 Å². The molecule has 1 saturated carbocycles. The molecule has 0 unspecified atom stereocenters. The van der Waals surface area contributed by atoms with Gasteiger partial charge in [-0.3, -0.25) is 5.43 Å². The number of benzene rings is 1. The molecule has 0 heterocycles. The molecular weight excluding hydrogens is 254 g/mol. The molecule has 1 fully saturated rings. The van der Waals surface area contributed by atoms with E-state index in [1.54, 1.807) is 0 Å². The van der Waals surface area contributed by atoms with E-state index < -0.39 is 0 Å². The third-order valence-corrected chi connectivity index (χ3v) is 3.65. The first-order valence-electron chi connectivity index (χ1n) is 6.96. The van der Waals surface area contributed by atoms with Gasteiger partial charge >= 0.3 is 0 Å². The largest absolute Gasteiger partial charge is 0.362 e. The lowest BCUT2D eigenvalue weighted by Crippen LogP contribution is -2.33. The summed E-state index contributed by atoms with van der Waals surface area (Å²) in [6.45, 7) is 2.84. The lowest BCUT2D eigenvalue weighted by Gasteiger charge is -2.24. The number of hydrazone groups is 1. The van der Waals surface area contributed by atoms with Gasteiger partial charge in [0.2, 0.25) is 0 Å². The number of nitrogens with one attached hydrogen (secondary N) is 2. The summed E-state index contributed by atoms with van der Waals surface area (Å²) in [4.78, 5) is 0. The number of rotatable bonds is 3. The first-order chi connectivity index (χ1) is 9.31. The van der Waals surface area contributed by atoms with Gasteiger partial charge in [-0.25, -0.2) is 0 Å².